The van der Waals surface area contributed by atoms with Gasteiger partial charge in [0.15, 0.2) is 5.84 Å². The molecule has 1 N–H and O–H groups in total. The van der Waals surface area contributed by atoms with Crippen molar-refractivity contribution >= 4 is 40.2 Å². The van der Waals surface area contributed by atoms with Crippen LogP contribution in [0.15, 0.2) is 76.1 Å². The van der Waals surface area contributed by atoms with Crippen LogP contribution >= 0.6 is 22.9 Å². The van der Waals surface area contributed by atoms with E-state index in [1.165, 1.54) is 0 Å². The lowest BCUT2D eigenvalue weighted by Crippen LogP contribution is -2.18. The smallest absolute Gasteiger partial charge is 0.164 e. The van der Waals surface area contributed by atoms with E-state index in [0.717, 1.165) is 33.2 Å². The van der Waals surface area contributed by atoms with E-state index in [4.69, 9.17) is 16.6 Å². The maximum atomic E-state index is 6.20. The standard InChI is InChI=1S/C18H12ClN3S/c19-13-8-9-15-14(11-13)17(12-5-2-1-3-6-12)21-22-18(20-15)16-7-4-10-23-16/h1-11H,(H,20,22). The maximum absolute atomic E-state index is 6.20. The molecule has 0 aliphatic carbocycles. The fourth-order valence-electron chi connectivity index (χ4n) is 2.45. The molecular formula is C18H12ClN3S. The van der Waals surface area contributed by atoms with E-state index >= 15 is 0 Å². The van der Waals surface area contributed by atoms with Crippen LogP contribution in [0, 0.1) is 0 Å². The number of hydrazone groups is 1. The molecule has 5 heteroatoms. The molecule has 112 valence electrons. The van der Waals surface area contributed by atoms with Crippen molar-refractivity contribution in [2.24, 2.45) is 10.1 Å². The average Bonchev–Trinajstić information content (AvgIpc) is 3.05. The predicted molar refractivity (Wildman–Crippen MR) is 97.2 cm³/mol. The molecule has 23 heavy (non-hydrogen) atoms. The van der Waals surface area contributed by atoms with Crippen LogP contribution in [0.25, 0.3) is 0 Å². The molecule has 0 spiro atoms. The van der Waals surface area contributed by atoms with Crippen LogP contribution in [0.4, 0.5) is 5.69 Å². The second kappa shape index (κ2) is 5.99. The summed E-state index contributed by atoms with van der Waals surface area (Å²) < 4.78 is 0. The Morgan fingerprint density at radius 2 is 1.83 bits per heavy atom. The van der Waals surface area contributed by atoms with Crippen molar-refractivity contribution in [3.63, 3.8) is 0 Å². The first-order valence-electron chi connectivity index (χ1n) is 7.13. The number of nitrogens with one attached hydrogen (secondary N) is 1. The van der Waals surface area contributed by atoms with Gasteiger partial charge in [0.2, 0.25) is 0 Å². The molecule has 3 aromatic rings. The maximum Gasteiger partial charge on any atom is 0.164 e. The fourth-order valence-corrected chi connectivity index (χ4v) is 3.29. The Morgan fingerprint density at radius 3 is 2.61 bits per heavy atom. The van der Waals surface area contributed by atoms with Crippen LogP contribution in [-0.4, -0.2) is 11.5 Å². The van der Waals surface area contributed by atoms with Crippen LogP contribution in [-0.2, 0) is 0 Å². The second-order valence-corrected chi connectivity index (χ2v) is 6.42. The number of thiophene rings is 1. The number of aliphatic imine (C=N–C) groups is 1. The highest BCUT2D eigenvalue weighted by atomic mass is 35.5. The highest BCUT2D eigenvalue weighted by Gasteiger charge is 2.17. The van der Waals surface area contributed by atoms with Crippen molar-refractivity contribution in [1.29, 1.82) is 0 Å². The summed E-state index contributed by atoms with van der Waals surface area (Å²) in [6.07, 6.45) is 0. The molecule has 4 rings (SSSR count). The van der Waals surface area contributed by atoms with E-state index in [-0.39, 0.29) is 0 Å². The summed E-state index contributed by atoms with van der Waals surface area (Å²) in [5.74, 6) is 0.745. The molecule has 3 nitrogen and oxygen atoms in total. The third kappa shape index (κ3) is 2.79. The molecule has 2 aromatic carbocycles. The quantitative estimate of drug-likeness (QED) is 0.714. The van der Waals surface area contributed by atoms with Crippen molar-refractivity contribution in [2.75, 3.05) is 0 Å². The first kappa shape index (κ1) is 14.2. The molecule has 0 saturated carbocycles. The van der Waals surface area contributed by atoms with Gasteiger partial charge in [-0.15, -0.1) is 11.3 Å². The van der Waals surface area contributed by atoms with Crippen molar-refractivity contribution in [2.45, 2.75) is 0 Å². The molecule has 0 radical (unpaired) electrons. The van der Waals surface area contributed by atoms with E-state index in [9.17, 15) is 0 Å². The summed E-state index contributed by atoms with van der Waals surface area (Å²) in [7, 11) is 0. The Hall–Kier alpha value is -2.43. The molecule has 1 aromatic heterocycles. The third-order valence-corrected chi connectivity index (χ3v) is 4.63. The Balaban J connectivity index is 1.90. The summed E-state index contributed by atoms with van der Waals surface area (Å²) in [6.45, 7) is 0. The Kier molecular flexibility index (Phi) is 3.69. The van der Waals surface area contributed by atoms with Crippen LogP contribution in [0.5, 0.6) is 0 Å². The average molecular weight is 338 g/mol. The minimum Gasteiger partial charge on any atom is -0.260 e. The summed E-state index contributed by atoms with van der Waals surface area (Å²) >= 11 is 7.82. The lowest BCUT2D eigenvalue weighted by atomic mass is 10.0. The number of halogens is 1. The van der Waals surface area contributed by atoms with E-state index in [1.807, 2.05) is 66.0 Å². The highest BCUT2D eigenvalue weighted by molar-refractivity contribution is 7.12. The normalized spacial score (nSPS) is 13.4. The molecular weight excluding hydrogens is 326 g/mol. The van der Waals surface area contributed by atoms with Crippen molar-refractivity contribution in [3.8, 4) is 0 Å². The number of amidine groups is 1. The van der Waals surface area contributed by atoms with Gasteiger partial charge >= 0.3 is 0 Å². The zero-order valence-electron chi connectivity index (χ0n) is 12.0. The van der Waals surface area contributed by atoms with Gasteiger partial charge in [-0.25, -0.2) is 4.99 Å². The zero-order chi connectivity index (χ0) is 15.6. The lowest BCUT2D eigenvalue weighted by Gasteiger charge is -2.07. The molecule has 2 heterocycles. The van der Waals surface area contributed by atoms with Gasteiger partial charge in [0.25, 0.3) is 0 Å². The van der Waals surface area contributed by atoms with Gasteiger partial charge in [0.1, 0.15) is 5.71 Å². The molecule has 0 saturated heterocycles. The van der Waals surface area contributed by atoms with E-state index < -0.39 is 0 Å². The van der Waals surface area contributed by atoms with E-state index in [0.29, 0.717) is 5.02 Å². The van der Waals surface area contributed by atoms with E-state index in [1.54, 1.807) is 11.3 Å². The number of nitrogens with zero attached hydrogens (tertiary/aromatic N) is 2. The number of fused-ring (bicyclic) bond motifs is 1. The molecule has 0 unspecified atom stereocenters. The van der Waals surface area contributed by atoms with E-state index in [2.05, 4.69) is 10.5 Å². The monoisotopic (exact) mass is 337 g/mol. The first-order valence-corrected chi connectivity index (χ1v) is 8.38. The summed E-state index contributed by atoms with van der Waals surface area (Å²) in [6, 6.07) is 19.7. The van der Waals surface area contributed by atoms with Crippen molar-refractivity contribution in [1.82, 2.24) is 5.43 Å². The Bertz CT molecular complexity index is 899. The van der Waals surface area contributed by atoms with Crippen LogP contribution in [0.1, 0.15) is 16.0 Å². The molecule has 0 atom stereocenters. The second-order valence-electron chi connectivity index (χ2n) is 5.04. The highest BCUT2D eigenvalue weighted by Crippen LogP contribution is 2.29. The van der Waals surface area contributed by atoms with Gasteiger partial charge in [-0.2, -0.15) is 5.10 Å². The SMILES string of the molecule is Clc1ccc2c(c1)C(c1ccccc1)=NNC(c1cccs1)=N2. The molecule has 0 amide bonds. The third-order valence-electron chi connectivity index (χ3n) is 3.52. The summed E-state index contributed by atoms with van der Waals surface area (Å²) in [4.78, 5) is 5.79. The lowest BCUT2D eigenvalue weighted by molar-refractivity contribution is 1.03. The predicted octanol–water partition coefficient (Wildman–Crippen LogP) is 4.84. The number of hydrogen-bond donors (Lipinski definition) is 1. The van der Waals surface area contributed by atoms with Crippen LogP contribution < -0.4 is 5.43 Å². The van der Waals surface area contributed by atoms with Gasteiger partial charge in [0, 0.05) is 16.1 Å². The molecule has 1 aliphatic rings. The molecule has 0 bridgehead atoms. The van der Waals surface area contributed by atoms with Gasteiger partial charge in [0.05, 0.1) is 10.6 Å². The molecule has 1 aliphatic heterocycles. The number of benzene rings is 2. The zero-order valence-corrected chi connectivity index (χ0v) is 13.6. The van der Waals surface area contributed by atoms with Crippen LogP contribution in [0.2, 0.25) is 5.02 Å². The minimum absolute atomic E-state index is 0.669. The molecule has 0 fully saturated rings. The van der Waals surface area contributed by atoms with Gasteiger partial charge in [-0.05, 0) is 29.6 Å². The summed E-state index contributed by atoms with van der Waals surface area (Å²) in [5, 5.41) is 7.29. The number of hydrogen-bond acceptors (Lipinski definition) is 4. The number of rotatable bonds is 2. The topological polar surface area (TPSA) is 36.8 Å². The Morgan fingerprint density at radius 1 is 0.957 bits per heavy atom. The Labute approximate surface area is 143 Å². The fraction of sp³-hybridized carbons (Fsp3) is 0. The van der Waals surface area contributed by atoms with Crippen molar-refractivity contribution < 1.29 is 0 Å². The minimum atomic E-state index is 0.669. The first-order chi connectivity index (χ1) is 11.3. The van der Waals surface area contributed by atoms with Gasteiger partial charge in [-0.3, -0.25) is 5.43 Å². The van der Waals surface area contributed by atoms with Gasteiger partial charge in [-0.1, -0.05) is 48.0 Å². The summed E-state index contributed by atoms with van der Waals surface area (Å²) in [5.41, 5.74) is 6.73. The van der Waals surface area contributed by atoms with Gasteiger partial charge < -0.3 is 0 Å². The largest absolute Gasteiger partial charge is 0.260 e. The van der Waals surface area contributed by atoms with Crippen LogP contribution in [0.3, 0.4) is 0 Å². The van der Waals surface area contributed by atoms with Crippen molar-refractivity contribution in [3.05, 3.63) is 87.1 Å².